The van der Waals surface area contributed by atoms with Gasteiger partial charge in [-0.1, -0.05) is 24.3 Å². The van der Waals surface area contributed by atoms with E-state index in [2.05, 4.69) is 4.40 Å². The van der Waals surface area contributed by atoms with Gasteiger partial charge in [0.25, 0.3) is 15.8 Å². The lowest BCUT2D eigenvalue weighted by Gasteiger charge is -2.41. The van der Waals surface area contributed by atoms with Crippen LogP contribution in [0.3, 0.4) is 0 Å². The zero-order chi connectivity index (χ0) is 22.1. The molecule has 0 radical (unpaired) electrons. The number of benzene rings is 2. The monoisotopic (exact) mass is 445 g/mol. The Kier molecular flexibility index (Phi) is 5.96. The number of allylic oxidation sites excluding steroid dienone is 1. The summed E-state index contributed by atoms with van der Waals surface area (Å²) in [6.45, 7) is 3.45. The van der Waals surface area contributed by atoms with Crippen molar-refractivity contribution in [3.63, 3.8) is 0 Å². The number of quaternary nitrogens is 1. The number of rotatable bonds is 6. The first-order valence-electron chi connectivity index (χ1n) is 10.1. The first kappa shape index (κ1) is 21.7. The van der Waals surface area contributed by atoms with Gasteiger partial charge in [0.2, 0.25) is 0 Å². The zero-order valence-electron chi connectivity index (χ0n) is 17.1. The minimum absolute atomic E-state index is 0.0413. The maximum absolute atomic E-state index is 13.0. The number of ether oxygens (including phenoxy) is 2. The predicted octanol–water partition coefficient (Wildman–Crippen LogP) is 0.213. The highest BCUT2D eigenvalue weighted by atomic mass is 32.2. The van der Waals surface area contributed by atoms with Crippen LogP contribution in [0.1, 0.15) is 18.1 Å². The third kappa shape index (κ3) is 4.02. The Balaban J connectivity index is 1.82. The van der Waals surface area contributed by atoms with Gasteiger partial charge in [-0.2, -0.15) is 12.8 Å². The van der Waals surface area contributed by atoms with Gasteiger partial charge in [0.1, 0.15) is 25.4 Å². The molecule has 31 heavy (non-hydrogen) atoms. The number of sulfonamides is 1. The van der Waals surface area contributed by atoms with Crippen LogP contribution in [-0.4, -0.2) is 57.3 Å². The van der Waals surface area contributed by atoms with Crippen molar-refractivity contribution in [2.75, 3.05) is 32.9 Å². The molecule has 1 aliphatic carbocycles. The fourth-order valence-corrected chi connectivity index (χ4v) is 4.94. The molecule has 2 aliphatic rings. The van der Waals surface area contributed by atoms with Crippen LogP contribution >= 0.6 is 0 Å². The van der Waals surface area contributed by atoms with Crippen LogP contribution in [0.25, 0.3) is 0 Å². The minimum Gasteiger partial charge on any atom is -0.494 e. The molecule has 2 atom stereocenters. The Bertz CT molecular complexity index is 1120. The smallest absolute Gasteiger partial charge is 0.282 e. The van der Waals surface area contributed by atoms with Crippen molar-refractivity contribution in [3.05, 3.63) is 71.4 Å². The van der Waals surface area contributed by atoms with E-state index < -0.39 is 15.8 Å². The molecule has 4 rings (SSSR count). The van der Waals surface area contributed by atoms with Gasteiger partial charge < -0.3 is 19.7 Å². The van der Waals surface area contributed by atoms with E-state index in [9.17, 15) is 18.6 Å². The SMILES string of the molecule is CCOc1ccc(S(=O)(=O)N=C2C=C3[NH+](CCO)CCOC3(O)c3ccccc32)cc1. The van der Waals surface area contributed by atoms with E-state index in [0.29, 0.717) is 48.9 Å². The number of fused-ring (bicyclic) bond motifs is 3. The molecular weight excluding hydrogens is 420 g/mol. The molecule has 164 valence electrons. The van der Waals surface area contributed by atoms with Gasteiger partial charge in [0.15, 0.2) is 5.70 Å². The van der Waals surface area contributed by atoms with Gasteiger partial charge in [0.05, 0.1) is 23.8 Å². The molecule has 0 bridgehead atoms. The third-order valence-electron chi connectivity index (χ3n) is 5.37. The summed E-state index contributed by atoms with van der Waals surface area (Å²) in [6.07, 6.45) is 1.55. The molecule has 0 aromatic heterocycles. The van der Waals surface area contributed by atoms with E-state index >= 15 is 0 Å². The van der Waals surface area contributed by atoms with Crippen molar-refractivity contribution in [3.8, 4) is 5.75 Å². The van der Waals surface area contributed by atoms with Gasteiger partial charge in [-0.25, -0.2) is 0 Å². The first-order chi connectivity index (χ1) is 14.9. The maximum Gasteiger partial charge on any atom is 0.282 e. The van der Waals surface area contributed by atoms with Crippen molar-refractivity contribution in [1.82, 2.24) is 0 Å². The summed E-state index contributed by atoms with van der Waals surface area (Å²) in [5.41, 5.74) is 1.56. The molecular formula is C22H25N2O6S+. The second-order valence-corrected chi connectivity index (χ2v) is 8.88. The van der Waals surface area contributed by atoms with Crippen LogP contribution in [0.2, 0.25) is 0 Å². The number of nitrogens with zero attached hydrogens (tertiary/aromatic N) is 1. The zero-order valence-corrected chi connectivity index (χ0v) is 17.9. The summed E-state index contributed by atoms with van der Waals surface area (Å²) in [4.78, 5) is 0.858. The average molecular weight is 446 g/mol. The standard InChI is InChI=1S/C22H24N2O6S/c1-2-29-16-7-9-17(10-8-16)31(27,28)23-20-15-21-22(26,19-6-4-3-5-18(19)20)30-14-12-24(21)11-13-25/h3-10,15,25-26H,2,11-14H2,1H3/p+1. The molecule has 0 saturated carbocycles. The predicted molar refractivity (Wildman–Crippen MR) is 113 cm³/mol. The highest BCUT2D eigenvalue weighted by Gasteiger charge is 2.49. The molecule has 1 heterocycles. The van der Waals surface area contributed by atoms with Crippen molar-refractivity contribution in [2.24, 2.45) is 4.40 Å². The fraction of sp³-hybridized carbons (Fsp3) is 0.318. The molecule has 1 fully saturated rings. The summed E-state index contributed by atoms with van der Waals surface area (Å²) in [6, 6.07) is 13.0. The number of hydrogen-bond acceptors (Lipinski definition) is 6. The molecule has 1 aliphatic heterocycles. The molecule has 2 aromatic rings. The Hall–Kier alpha value is -2.56. The normalized spacial score (nSPS) is 24.3. The van der Waals surface area contributed by atoms with Crippen molar-refractivity contribution >= 4 is 15.7 Å². The van der Waals surface area contributed by atoms with Crippen LogP contribution in [-0.2, 0) is 20.5 Å². The van der Waals surface area contributed by atoms with E-state index in [1.807, 2.05) is 6.92 Å². The molecule has 3 N–H and O–H groups in total. The van der Waals surface area contributed by atoms with Gasteiger partial charge in [0, 0.05) is 17.2 Å². The lowest BCUT2D eigenvalue weighted by molar-refractivity contribution is -0.882. The Morgan fingerprint density at radius 3 is 2.65 bits per heavy atom. The van der Waals surface area contributed by atoms with E-state index in [1.54, 1.807) is 42.5 Å². The second-order valence-electron chi connectivity index (χ2n) is 7.28. The van der Waals surface area contributed by atoms with E-state index in [0.717, 1.165) is 4.90 Å². The van der Waals surface area contributed by atoms with Gasteiger partial charge in [-0.05, 0) is 31.2 Å². The van der Waals surface area contributed by atoms with Gasteiger partial charge >= 0.3 is 0 Å². The van der Waals surface area contributed by atoms with E-state index in [1.165, 1.54) is 12.1 Å². The first-order valence-corrected chi connectivity index (χ1v) is 11.5. The topological polar surface area (TPSA) is 110 Å². The lowest BCUT2D eigenvalue weighted by atomic mass is 9.86. The highest BCUT2D eigenvalue weighted by Crippen LogP contribution is 2.36. The van der Waals surface area contributed by atoms with E-state index in [-0.39, 0.29) is 17.2 Å². The molecule has 2 unspecified atom stereocenters. The fourth-order valence-electron chi connectivity index (χ4n) is 3.94. The van der Waals surface area contributed by atoms with Crippen molar-refractivity contribution in [1.29, 1.82) is 0 Å². The van der Waals surface area contributed by atoms with Crippen LogP contribution in [0, 0.1) is 0 Å². The Labute approximate surface area is 181 Å². The molecule has 9 heteroatoms. The molecule has 2 aromatic carbocycles. The molecule has 0 spiro atoms. The quantitative estimate of drug-likeness (QED) is 0.587. The highest BCUT2D eigenvalue weighted by molar-refractivity contribution is 7.90. The van der Waals surface area contributed by atoms with Gasteiger partial charge in [-0.3, -0.25) is 4.90 Å². The number of morpholine rings is 1. The average Bonchev–Trinajstić information content (AvgIpc) is 2.76. The molecule has 0 amide bonds. The summed E-state index contributed by atoms with van der Waals surface area (Å²) >= 11 is 0. The molecule has 8 nitrogen and oxygen atoms in total. The van der Waals surface area contributed by atoms with Crippen molar-refractivity contribution in [2.45, 2.75) is 17.6 Å². The second kappa shape index (κ2) is 8.52. The largest absolute Gasteiger partial charge is 0.494 e. The number of hydrogen-bond donors (Lipinski definition) is 3. The Morgan fingerprint density at radius 1 is 1.19 bits per heavy atom. The lowest BCUT2D eigenvalue weighted by Crippen LogP contribution is -3.14. The van der Waals surface area contributed by atoms with Crippen LogP contribution in [0.5, 0.6) is 5.75 Å². The summed E-state index contributed by atoms with van der Waals surface area (Å²) < 4.78 is 41.3. The summed E-state index contributed by atoms with van der Waals surface area (Å²) in [7, 11) is -4.01. The van der Waals surface area contributed by atoms with E-state index in [4.69, 9.17) is 9.47 Å². The van der Waals surface area contributed by atoms with Crippen molar-refractivity contribution < 1.29 is 33.0 Å². The Morgan fingerprint density at radius 2 is 1.94 bits per heavy atom. The van der Waals surface area contributed by atoms with Crippen LogP contribution in [0.4, 0.5) is 0 Å². The third-order valence-corrected chi connectivity index (χ3v) is 6.68. The summed E-state index contributed by atoms with van der Waals surface area (Å²) in [5, 5.41) is 20.8. The summed E-state index contributed by atoms with van der Waals surface area (Å²) in [5.74, 6) is -1.12. The van der Waals surface area contributed by atoms with Crippen LogP contribution in [0.15, 0.2) is 69.6 Å². The van der Waals surface area contributed by atoms with Gasteiger partial charge in [-0.15, -0.1) is 0 Å². The minimum atomic E-state index is -4.01. The van der Waals surface area contributed by atoms with Crippen LogP contribution < -0.4 is 9.64 Å². The number of aliphatic hydroxyl groups is 2. The number of aliphatic hydroxyl groups excluding tert-OH is 1. The molecule has 1 saturated heterocycles. The maximum atomic E-state index is 13.0. The number of nitrogens with one attached hydrogen (secondary N) is 1.